The molecule has 3 aromatic rings. The molecule has 0 spiro atoms. The van der Waals surface area contributed by atoms with Crippen LogP contribution in [0.3, 0.4) is 0 Å². The Kier molecular flexibility index (Phi) is 4.38. The fourth-order valence-corrected chi connectivity index (χ4v) is 3.20. The van der Waals surface area contributed by atoms with Gasteiger partial charge in [0.15, 0.2) is 5.82 Å². The molecule has 2 heterocycles. The Morgan fingerprint density at radius 2 is 1.78 bits per heavy atom. The first kappa shape index (κ1) is 16.9. The van der Waals surface area contributed by atoms with Gasteiger partial charge in [-0.05, 0) is 30.2 Å². The van der Waals surface area contributed by atoms with Gasteiger partial charge in [-0.15, -0.1) is 0 Å². The average Bonchev–Trinajstić information content (AvgIpc) is 3.13. The van der Waals surface area contributed by atoms with Crippen molar-refractivity contribution in [2.45, 2.75) is 13.3 Å². The molecule has 0 radical (unpaired) electrons. The predicted molar refractivity (Wildman–Crippen MR) is 104 cm³/mol. The Hall–Kier alpha value is -3.54. The summed E-state index contributed by atoms with van der Waals surface area (Å²) < 4.78 is 0. The second kappa shape index (κ2) is 6.99. The average molecular weight is 358 g/mol. The van der Waals surface area contributed by atoms with E-state index in [1.54, 1.807) is 30.3 Å². The summed E-state index contributed by atoms with van der Waals surface area (Å²) in [6.45, 7) is 2.21. The van der Waals surface area contributed by atoms with Crippen LogP contribution < -0.4 is 10.2 Å². The van der Waals surface area contributed by atoms with Crippen LogP contribution in [0.25, 0.3) is 11.4 Å². The number of carbonyl (C=O) groups excluding carboxylic acids is 2. The van der Waals surface area contributed by atoms with Gasteiger partial charge in [-0.25, -0.2) is 9.97 Å². The first-order valence-corrected chi connectivity index (χ1v) is 8.71. The number of rotatable bonds is 3. The molecule has 4 rings (SSSR count). The van der Waals surface area contributed by atoms with Crippen molar-refractivity contribution < 1.29 is 9.59 Å². The minimum Gasteiger partial charge on any atom is -0.319 e. The molecule has 6 heteroatoms. The molecule has 134 valence electrons. The zero-order valence-electron chi connectivity index (χ0n) is 14.8. The molecule has 1 aromatic heterocycles. The van der Waals surface area contributed by atoms with Crippen molar-refractivity contribution >= 4 is 23.2 Å². The maximum atomic E-state index is 12.5. The summed E-state index contributed by atoms with van der Waals surface area (Å²) in [5, 5.41) is 2.82. The number of nitrogens with zero attached hydrogens (tertiary/aromatic N) is 3. The molecule has 1 aliphatic heterocycles. The molecule has 6 nitrogen and oxygen atoms in total. The van der Waals surface area contributed by atoms with Crippen LogP contribution in [0.5, 0.6) is 0 Å². The largest absolute Gasteiger partial charge is 0.319 e. The van der Waals surface area contributed by atoms with Crippen LogP contribution in [-0.4, -0.2) is 28.3 Å². The van der Waals surface area contributed by atoms with Crippen molar-refractivity contribution in [3.05, 3.63) is 72.1 Å². The zero-order valence-corrected chi connectivity index (χ0v) is 14.8. The monoisotopic (exact) mass is 358 g/mol. The Labute approximate surface area is 156 Å². The number of nitrogens with one attached hydrogen (secondary N) is 1. The van der Waals surface area contributed by atoms with E-state index in [1.165, 1.54) is 0 Å². The molecular weight excluding hydrogens is 340 g/mol. The summed E-state index contributed by atoms with van der Waals surface area (Å²) in [6, 6.07) is 15.1. The van der Waals surface area contributed by atoms with E-state index in [-0.39, 0.29) is 11.8 Å². The van der Waals surface area contributed by atoms with E-state index in [9.17, 15) is 9.59 Å². The van der Waals surface area contributed by atoms with Crippen LogP contribution in [0, 0.1) is 0 Å². The third kappa shape index (κ3) is 3.42. The van der Waals surface area contributed by atoms with Crippen molar-refractivity contribution in [1.29, 1.82) is 0 Å². The van der Waals surface area contributed by atoms with Gasteiger partial charge in [-0.3, -0.25) is 9.59 Å². The number of amides is 2. The van der Waals surface area contributed by atoms with Crippen molar-refractivity contribution in [3.8, 4) is 11.4 Å². The molecule has 0 aliphatic carbocycles. The summed E-state index contributed by atoms with van der Waals surface area (Å²) in [4.78, 5) is 34.5. The van der Waals surface area contributed by atoms with Gasteiger partial charge in [-0.1, -0.05) is 30.3 Å². The minimum atomic E-state index is -0.227. The van der Waals surface area contributed by atoms with Crippen LogP contribution in [0.2, 0.25) is 0 Å². The van der Waals surface area contributed by atoms with E-state index < -0.39 is 0 Å². The van der Waals surface area contributed by atoms with Crippen LogP contribution >= 0.6 is 0 Å². The van der Waals surface area contributed by atoms with Crippen LogP contribution in [0.4, 0.5) is 11.4 Å². The van der Waals surface area contributed by atoms with Gasteiger partial charge in [-0.2, -0.15) is 0 Å². The fourth-order valence-electron chi connectivity index (χ4n) is 3.20. The maximum Gasteiger partial charge on any atom is 0.255 e. The molecule has 0 fully saturated rings. The lowest BCUT2D eigenvalue weighted by molar-refractivity contribution is -0.116. The number of hydrogen-bond acceptors (Lipinski definition) is 4. The van der Waals surface area contributed by atoms with Gasteiger partial charge in [0.1, 0.15) is 0 Å². The van der Waals surface area contributed by atoms with Crippen molar-refractivity contribution in [1.82, 2.24) is 9.97 Å². The quantitative estimate of drug-likeness (QED) is 0.779. The van der Waals surface area contributed by atoms with E-state index in [2.05, 4.69) is 15.3 Å². The molecule has 0 bridgehead atoms. The highest BCUT2D eigenvalue weighted by Crippen LogP contribution is 2.29. The minimum absolute atomic E-state index is 0.0154. The first-order valence-electron chi connectivity index (χ1n) is 8.71. The maximum absolute atomic E-state index is 12.5. The fraction of sp³-hybridized carbons (Fsp3) is 0.143. The van der Waals surface area contributed by atoms with Crippen LogP contribution in [0.15, 0.2) is 60.9 Å². The van der Waals surface area contributed by atoms with Gasteiger partial charge in [0.05, 0.1) is 18.1 Å². The van der Waals surface area contributed by atoms with E-state index in [4.69, 9.17) is 0 Å². The summed E-state index contributed by atoms with van der Waals surface area (Å²) in [6.07, 6.45) is 3.95. The molecule has 0 unspecified atom stereocenters. The second-order valence-corrected chi connectivity index (χ2v) is 6.38. The summed E-state index contributed by atoms with van der Waals surface area (Å²) in [5.41, 5.74) is 3.89. The lowest BCUT2D eigenvalue weighted by Crippen LogP contribution is -2.25. The van der Waals surface area contributed by atoms with E-state index in [0.29, 0.717) is 23.6 Å². The summed E-state index contributed by atoms with van der Waals surface area (Å²) in [5.74, 6) is 0.396. The molecule has 2 aromatic carbocycles. The molecule has 0 saturated heterocycles. The van der Waals surface area contributed by atoms with E-state index >= 15 is 0 Å². The number of hydrogen-bond donors (Lipinski definition) is 1. The Morgan fingerprint density at radius 3 is 2.48 bits per heavy atom. The topological polar surface area (TPSA) is 75.2 Å². The predicted octanol–water partition coefficient (Wildman–Crippen LogP) is 3.30. The standard InChI is InChI=1S/C21H18N4O2/c1-14(26)25-10-9-16-11-17(7-8-19(16)25)21(27)24-18-12-22-20(23-13-18)15-5-3-2-4-6-15/h2-8,11-13H,9-10H2,1H3,(H,24,27). The smallest absolute Gasteiger partial charge is 0.255 e. The highest BCUT2D eigenvalue weighted by Gasteiger charge is 2.23. The molecular formula is C21H18N4O2. The zero-order chi connectivity index (χ0) is 18.8. The SMILES string of the molecule is CC(=O)N1CCc2cc(C(=O)Nc3cnc(-c4ccccc4)nc3)ccc21. The Balaban J connectivity index is 1.49. The third-order valence-electron chi connectivity index (χ3n) is 4.56. The van der Waals surface area contributed by atoms with Crippen molar-refractivity contribution in [2.75, 3.05) is 16.8 Å². The van der Waals surface area contributed by atoms with Gasteiger partial charge < -0.3 is 10.2 Å². The van der Waals surface area contributed by atoms with Crippen LogP contribution in [-0.2, 0) is 11.2 Å². The highest BCUT2D eigenvalue weighted by molar-refractivity contribution is 6.05. The molecule has 1 aliphatic rings. The number of carbonyl (C=O) groups is 2. The van der Waals surface area contributed by atoms with Gasteiger partial charge >= 0.3 is 0 Å². The lowest BCUT2D eigenvalue weighted by Gasteiger charge is -2.14. The number of aromatic nitrogens is 2. The second-order valence-electron chi connectivity index (χ2n) is 6.38. The number of fused-ring (bicyclic) bond motifs is 1. The molecule has 1 N–H and O–H groups in total. The Bertz CT molecular complexity index is 1000. The third-order valence-corrected chi connectivity index (χ3v) is 4.56. The number of anilines is 2. The summed E-state index contributed by atoms with van der Waals surface area (Å²) in [7, 11) is 0. The Morgan fingerprint density at radius 1 is 1.04 bits per heavy atom. The summed E-state index contributed by atoms with van der Waals surface area (Å²) >= 11 is 0. The van der Waals surface area contributed by atoms with Crippen LogP contribution in [0.1, 0.15) is 22.8 Å². The molecule has 27 heavy (non-hydrogen) atoms. The molecule has 0 atom stereocenters. The first-order chi connectivity index (χ1) is 13.1. The van der Waals surface area contributed by atoms with Crippen molar-refractivity contribution in [2.24, 2.45) is 0 Å². The normalized spacial score (nSPS) is 12.6. The molecule has 2 amide bonds. The van der Waals surface area contributed by atoms with Gasteiger partial charge in [0.2, 0.25) is 5.91 Å². The van der Waals surface area contributed by atoms with Gasteiger partial charge in [0, 0.05) is 30.3 Å². The number of benzene rings is 2. The lowest BCUT2D eigenvalue weighted by atomic mass is 10.1. The molecule has 0 saturated carbocycles. The van der Waals surface area contributed by atoms with E-state index in [1.807, 2.05) is 42.5 Å². The van der Waals surface area contributed by atoms with E-state index in [0.717, 1.165) is 23.2 Å². The van der Waals surface area contributed by atoms with Gasteiger partial charge in [0.25, 0.3) is 5.91 Å². The highest BCUT2D eigenvalue weighted by atomic mass is 16.2. The van der Waals surface area contributed by atoms with Crippen molar-refractivity contribution in [3.63, 3.8) is 0 Å².